The number of nitrogen functional groups attached to an aromatic ring is 1. The fourth-order valence-corrected chi connectivity index (χ4v) is 2.92. The van der Waals surface area contributed by atoms with Crippen molar-refractivity contribution in [2.75, 3.05) is 18.8 Å². The Bertz CT molecular complexity index is 549. The lowest BCUT2D eigenvalue weighted by Gasteiger charge is -2.33. The summed E-state index contributed by atoms with van der Waals surface area (Å²) in [5, 5.41) is 4.68. The lowest BCUT2D eigenvalue weighted by atomic mass is 10.1. The third-order valence-corrected chi connectivity index (χ3v) is 4.24. The minimum absolute atomic E-state index is 0.218. The van der Waals surface area contributed by atoms with Crippen molar-refractivity contribution in [3.8, 4) is 0 Å². The number of amides is 1. The van der Waals surface area contributed by atoms with Gasteiger partial charge in [-0.15, -0.1) is 0 Å². The molecule has 2 aliphatic rings. The average molecular weight is 306 g/mol. The molecule has 1 aliphatic heterocycles. The first-order valence-corrected chi connectivity index (χ1v) is 8.16. The third-order valence-electron chi connectivity index (χ3n) is 4.24. The molecule has 0 aromatic carbocycles. The Morgan fingerprint density at radius 2 is 1.91 bits per heavy atom. The number of hydrogen-bond acceptors (Lipinski definition) is 4. The molecule has 1 saturated carbocycles. The molecule has 2 fully saturated rings. The van der Waals surface area contributed by atoms with Crippen molar-refractivity contribution in [3.63, 3.8) is 0 Å². The van der Waals surface area contributed by atoms with Crippen LogP contribution in [0.25, 0.3) is 0 Å². The van der Waals surface area contributed by atoms with E-state index in [1.807, 2.05) is 31.6 Å². The van der Waals surface area contributed by atoms with E-state index in [0.29, 0.717) is 25.0 Å². The van der Waals surface area contributed by atoms with Gasteiger partial charge in [0, 0.05) is 25.2 Å². The largest absolute Gasteiger partial charge is 0.444 e. The average Bonchev–Trinajstić information content (AvgIpc) is 3.20. The van der Waals surface area contributed by atoms with E-state index in [-0.39, 0.29) is 6.09 Å². The van der Waals surface area contributed by atoms with Gasteiger partial charge in [0.2, 0.25) is 0 Å². The van der Waals surface area contributed by atoms with Gasteiger partial charge in [-0.2, -0.15) is 5.10 Å². The van der Waals surface area contributed by atoms with Crippen LogP contribution in [0.4, 0.5) is 10.5 Å². The van der Waals surface area contributed by atoms with Gasteiger partial charge in [-0.25, -0.2) is 4.79 Å². The zero-order valence-corrected chi connectivity index (χ0v) is 13.7. The number of aromatic nitrogens is 2. The molecule has 1 aliphatic carbocycles. The normalized spacial score (nSPS) is 20.2. The molecule has 122 valence electrons. The minimum atomic E-state index is -0.441. The lowest BCUT2D eigenvalue weighted by Crippen LogP contribution is -2.42. The van der Waals surface area contributed by atoms with Crippen LogP contribution in [-0.2, 0) is 4.74 Å². The zero-order valence-electron chi connectivity index (χ0n) is 13.7. The van der Waals surface area contributed by atoms with Crippen LogP contribution in [0.2, 0.25) is 0 Å². The van der Waals surface area contributed by atoms with Gasteiger partial charge in [-0.05, 0) is 46.5 Å². The predicted octanol–water partition coefficient (Wildman–Crippen LogP) is 2.91. The van der Waals surface area contributed by atoms with E-state index in [2.05, 4.69) is 5.10 Å². The summed E-state index contributed by atoms with van der Waals surface area (Å²) in [6.45, 7) is 7.09. The van der Waals surface area contributed by atoms with Gasteiger partial charge in [0.05, 0.1) is 17.4 Å². The summed E-state index contributed by atoms with van der Waals surface area (Å²) in [6.07, 6.45) is 5.94. The Labute approximate surface area is 131 Å². The molecule has 0 spiro atoms. The first-order chi connectivity index (χ1) is 10.3. The number of rotatable bonds is 2. The van der Waals surface area contributed by atoms with Crippen LogP contribution in [0.3, 0.4) is 0 Å². The van der Waals surface area contributed by atoms with Crippen molar-refractivity contribution in [2.24, 2.45) is 0 Å². The molecule has 2 N–H and O–H groups in total. The van der Waals surface area contributed by atoms with Gasteiger partial charge in [0.1, 0.15) is 5.60 Å². The summed E-state index contributed by atoms with van der Waals surface area (Å²) < 4.78 is 7.43. The van der Waals surface area contributed by atoms with Crippen molar-refractivity contribution in [3.05, 3.63) is 11.9 Å². The zero-order chi connectivity index (χ0) is 15.9. The van der Waals surface area contributed by atoms with Crippen LogP contribution in [0.1, 0.15) is 64.1 Å². The Hall–Kier alpha value is -1.72. The quantitative estimate of drug-likeness (QED) is 0.911. The molecular formula is C16H26N4O2. The van der Waals surface area contributed by atoms with Crippen molar-refractivity contribution in [2.45, 2.75) is 64.0 Å². The topological polar surface area (TPSA) is 73.4 Å². The number of nitrogens with zero attached hydrogens (tertiary/aromatic N) is 3. The van der Waals surface area contributed by atoms with E-state index in [1.54, 1.807) is 4.90 Å². The maximum atomic E-state index is 12.1. The number of likely N-dealkylation sites (tertiary alicyclic amines) is 1. The second kappa shape index (κ2) is 5.48. The van der Waals surface area contributed by atoms with Gasteiger partial charge in [0.25, 0.3) is 0 Å². The third kappa shape index (κ3) is 3.36. The smallest absolute Gasteiger partial charge is 0.410 e. The summed E-state index contributed by atoms with van der Waals surface area (Å²) in [5.74, 6) is 0.572. The summed E-state index contributed by atoms with van der Waals surface area (Å²) >= 11 is 0. The highest BCUT2D eigenvalue weighted by Gasteiger charge is 2.31. The van der Waals surface area contributed by atoms with E-state index in [1.165, 1.54) is 12.8 Å². The van der Waals surface area contributed by atoms with E-state index in [0.717, 1.165) is 24.2 Å². The van der Waals surface area contributed by atoms with Gasteiger partial charge in [-0.3, -0.25) is 4.68 Å². The van der Waals surface area contributed by atoms with E-state index >= 15 is 0 Å². The van der Waals surface area contributed by atoms with Crippen molar-refractivity contribution in [1.82, 2.24) is 14.7 Å². The Kier molecular flexibility index (Phi) is 3.78. The standard InChI is InChI=1S/C16H26N4O2/c1-16(2,3)22-15(21)19-8-6-12(7-9-19)20-10-13(17)14(18-20)11-4-5-11/h10-12H,4-9,17H2,1-3H3. The van der Waals surface area contributed by atoms with Crippen molar-refractivity contribution in [1.29, 1.82) is 0 Å². The fourth-order valence-electron chi connectivity index (χ4n) is 2.92. The molecule has 2 heterocycles. The highest BCUT2D eigenvalue weighted by molar-refractivity contribution is 5.68. The number of nitrogens with two attached hydrogens (primary N) is 1. The molecule has 1 saturated heterocycles. The van der Waals surface area contributed by atoms with Crippen LogP contribution in [-0.4, -0.2) is 39.5 Å². The summed E-state index contributed by atoms with van der Waals surface area (Å²) in [6, 6.07) is 0.327. The molecule has 1 amide bonds. The fraction of sp³-hybridized carbons (Fsp3) is 0.750. The van der Waals surface area contributed by atoms with Crippen LogP contribution in [0, 0.1) is 0 Å². The molecule has 0 radical (unpaired) electrons. The Morgan fingerprint density at radius 1 is 1.27 bits per heavy atom. The molecular weight excluding hydrogens is 280 g/mol. The summed E-state index contributed by atoms with van der Waals surface area (Å²) in [7, 11) is 0. The number of carbonyl (C=O) groups excluding carboxylic acids is 1. The van der Waals surface area contributed by atoms with Crippen LogP contribution in [0.15, 0.2) is 6.20 Å². The molecule has 0 unspecified atom stereocenters. The Morgan fingerprint density at radius 3 is 2.45 bits per heavy atom. The second-order valence-corrected chi connectivity index (χ2v) is 7.42. The van der Waals surface area contributed by atoms with Crippen molar-refractivity contribution < 1.29 is 9.53 Å². The predicted molar refractivity (Wildman–Crippen MR) is 84.7 cm³/mol. The molecule has 0 atom stereocenters. The molecule has 6 heteroatoms. The number of ether oxygens (including phenoxy) is 1. The van der Waals surface area contributed by atoms with Crippen LogP contribution < -0.4 is 5.73 Å². The first-order valence-electron chi connectivity index (χ1n) is 8.16. The van der Waals surface area contributed by atoms with Crippen LogP contribution in [0.5, 0.6) is 0 Å². The molecule has 3 rings (SSSR count). The van der Waals surface area contributed by atoms with E-state index < -0.39 is 5.60 Å². The maximum Gasteiger partial charge on any atom is 0.410 e. The number of hydrogen-bond donors (Lipinski definition) is 1. The van der Waals surface area contributed by atoms with Gasteiger partial charge in [0.15, 0.2) is 0 Å². The number of carbonyl (C=O) groups is 1. The van der Waals surface area contributed by atoms with E-state index in [4.69, 9.17) is 10.5 Å². The first kappa shape index (κ1) is 15.2. The highest BCUT2D eigenvalue weighted by atomic mass is 16.6. The summed E-state index contributed by atoms with van der Waals surface area (Å²) in [5.41, 5.74) is 7.51. The highest BCUT2D eigenvalue weighted by Crippen LogP contribution is 2.42. The minimum Gasteiger partial charge on any atom is -0.444 e. The number of anilines is 1. The molecule has 0 bridgehead atoms. The van der Waals surface area contributed by atoms with Gasteiger partial charge < -0.3 is 15.4 Å². The monoisotopic (exact) mass is 306 g/mol. The lowest BCUT2D eigenvalue weighted by molar-refractivity contribution is 0.0184. The van der Waals surface area contributed by atoms with Crippen LogP contribution >= 0.6 is 0 Å². The molecule has 6 nitrogen and oxygen atoms in total. The van der Waals surface area contributed by atoms with E-state index in [9.17, 15) is 4.79 Å². The molecule has 1 aromatic rings. The maximum absolute atomic E-state index is 12.1. The number of piperidine rings is 1. The SMILES string of the molecule is CC(C)(C)OC(=O)N1CCC(n2cc(N)c(C3CC3)n2)CC1. The van der Waals surface area contributed by atoms with Gasteiger partial charge >= 0.3 is 6.09 Å². The molecule has 22 heavy (non-hydrogen) atoms. The Balaban J connectivity index is 1.57. The summed E-state index contributed by atoms with van der Waals surface area (Å²) in [4.78, 5) is 13.9. The van der Waals surface area contributed by atoms with Crippen molar-refractivity contribution >= 4 is 11.8 Å². The van der Waals surface area contributed by atoms with Gasteiger partial charge in [-0.1, -0.05) is 0 Å². The second-order valence-electron chi connectivity index (χ2n) is 7.42. The molecule has 1 aromatic heterocycles.